The maximum Gasteiger partial charge on any atom is 0.416 e. The van der Waals surface area contributed by atoms with Crippen molar-refractivity contribution in [2.75, 3.05) is 9.80 Å². The van der Waals surface area contributed by atoms with Crippen LogP contribution in [-0.2, 0) is 15.8 Å². The van der Waals surface area contributed by atoms with Crippen LogP contribution in [0.15, 0.2) is 90.5 Å². The summed E-state index contributed by atoms with van der Waals surface area (Å²) in [6.45, 7) is 0. The molecule has 1 heterocycles. The molecule has 1 saturated heterocycles. The molecule has 32 heavy (non-hydrogen) atoms. The first-order valence-electron chi connectivity index (χ1n) is 9.49. The quantitative estimate of drug-likeness (QED) is 0.301. The topological polar surface area (TPSA) is 40.6 Å². The van der Waals surface area contributed by atoms with Gasteiger partial charge >= 0.3 is 6.18 Å². The average Bonchev–Trinajstić information content (AvgIpc) is 2.78. The Bertz CT molecular complexity index is 1160. The van der Waals surface area contributed by atoms with Crippen LogP contribution in [0.4, 0.5) is 24.5 Å². The Morgan fingerprint density at radius 3 is 1.69 bits per heavy atom. The molecule has 160 valence electrons. The van der Waals surface area contributed by atoms with E-state index in [-0.39, 0.29) is 16.2 Å². The van der Waals surface area contributed by atoms with Crippen LogP contribution >= 0.6 is 12.2 Å². The normalized spacial score (nSPS) is 14.7. The van der Waals surface area contributed by atoms with Gasteiger partial charge in [-0.15, -0.1) is 0 Å². The van der Waals surface area contributed by atoms with Gasteiger partial charge in [0.1, 0.15) is 5.57 Å². The smallest absolute Gasteiger partial charge is 0.268 e. The molecule has 0 spiro atoms. The monoisotopic (exact) mass is 452 g/mol. The molecule has 3 aromatic rings. The zero-order valence-electron chi connectivity index (χ0n) is 16.4. The van der Waals surface area contributed by atoms with Crippen LogP contribution in [0.3, 0.4) is 0 Å². The number of anilines is 2. The second-order valence-corrected chi connectivity index (χ2v) is 7.28. The fraction of sp³-hybridized carbons (Fsp3) is 0.0417. The lowest BCUT2D eigenvalue weighted by Crippen LogP contribution is -2.56. The summed E-state index contributed by atoms with van der Waals surface area (Å²) in [6, 6.07) is 21.4. The maximum absolute atomic E-state index is 13.3. The summed E-state index contributed by atoms with van der Waals surface area (Å²) >= 11 is 5.49. The van der Waals surface area contributed by atoms with Crippen LogP contribution in [0.25, 0.3) is 6.08 Å². The molecule has 3 aromatic carbocycles. The average molecular weight is 452 g/mol. The minimum atomic E-state index is -4.55. The number of nitrogens with zero attached hydrogens (tertiary/aromatic N) is 2. The lowest BCUT2D eigenvalue weighted by Gasteiger charge is -2.36. The van der Waals surface area contributed by atoms with Gasteiger partial charge < -0.3 is 0 Å². The maximum atomic E-state index is 13.3. The van der Waals surface area contributed by atoms with Crippen LogP contribution in [0.2, 0.25) is 0 Å². The lowest BCUT2D eigenvalue weighted by molar-refractivity contribution is -0.137. The van der Waals surface area contributed by atoms with Crippen molar-refractivity contribution in [3.8, 4) is 0 Å². The Kier molecular flexibility index (Phi) is 5.63. The van der Waals surface area contributed by atoms with Crippen molar-refractivity contribution in [2.24, 2.45) is 0 Å². The lowest BCUT2D eigenvalue weighted by atomic mass is 10.0. The van der Waals surface area contributed by atoms with Gasteiger partial charge in [0.15, 0.2) is 5.11 Å². The molecule has 0 radical (unpaired) electrons. The van der Waals surface area contributed by atoms with E-state index >= 15 is 0 Å². The molecule has 0 unspecified atom stereocenters. The fourth-order valence-electron chi connectivity index (χ4n) is 3.31. The zero-order valence-corrected chi connectivity index (χ0v) is 17.2. The number of benzene rings is 3. The van der Waals surface area contributed by atoms with Gasteiger partial charge in [-0.25, -0.2) is 0 Å². The zero-order chi connectivity index (χ0) is 22.9. The van der Waals surface area contributed by atoms with Crippen molar-refractivity contribution >= 4 is 46.6 Å². The van der Waals surface area contributed by atoms with E-state index < -0.39 is 23.6 Å². The van der Waals surface area contributed by atoms with Crippen LogP contribution in [0.1, 0.15) is 11.1 Å². The number of rotatable bonds is 3. The summed E-state index contributed by atoms with van der Waals surface area (Å²) in [7, 11) is 0. The molecule has 0 atom stereocenters. The van der Waals surface area contributed by atoms with Gasteiger partial charge in [-0.05, 0) is 60.3 Å². The van der Waals surface area contributed by atoms with E-state index in [2.05, 4.69) is 0 Å². The van der Waals surface area contributed by atoms with Gasteiger partial charge in [-0.1, -0.05) is 48.5 Å². The molecule has 1 aliphatic rings. The first-order chi connectivity index (χ1) is 15.3. The number of amides is 2. The van der Waals surface area contributed by atoms with Crippen LogP contribution in [0, 0.1) is 0 Å². The Morgan fingerprint density at radius 1 is 0.719 bits per heavy atom. The Hall–Kier alpha value is -3.78. The molecule has 2 amide bonds. The molecule has 4 rings (SSSR count). The van der Waals surface area contributed by atoms with Gasteiger partial charge in [-0.3, -0.25) is 19.4 Å². The van der Waals surface area contributed by atoms with Gasteiger partial charge in [0.25, 0.3) is 11.8 Å². The van der Waals surface area contributed by atoms with Crippen LogP contribution in [0.5, 0.6) is 0 Å². The predicted molar refractivity (Wildman–Crippen MR) is 120 cm³/mol. The van der Waals surface area contributed by atoms with Crippen molar-refractivity contribution in [2.45, 2.75) is 6.18 Å². The van der Waals surface area contributed by atoms with E-state index in [4.69, 9.17) is 12.2 Å². The van der Waals surface area contributed by atoms with E-state index in [1.54, 1.807) is 60.7 Å². The molecule has 0 aliphatic carbocycles. The first kappa shape index (κ1) is 21.5. The number of thiocarbonyl (C=S) groups is 1. The summed E-state index contributed by atoms with van der Waals surface area (Å²) in [5.41, 5.74) is -0.231. The number of hydrogen-bond donors (Lipinski definition) is 0. The predicted octanol–water partition coefficient (Wildman–Crippen LogP) is 5.45. The van der Waals surface area contributed by atoms with Gasteiger partial charge in [0.05, 0.1) is 16.9 Å². The van der Waals surface area contributed by atoms with Gasteiger partial charge in [-0.2, -0.15) is 13.2 Å². The molecular formula is C24H15F3N2O2S. The van der Waals surface area contributed by atoms with Crippen molar-refractivity contribution < 1.29 is 22.8 Å². The SMILES string of the molecule is O=C1C(=Cc2cccc(C(F)(F)F)c2)C(=O)N(c2ccccc2)C(=S)N1c1ccccc1. The van der Waals surface area contributed by atoms with Gasteiger partial charge in [0, 0.05) is 0 Å². The number of carbonyl (C=O) groups is 2. The fourth-order valence-corrected chi connectivity index (χ4v) is 3.69. The highest BCUT2D eigenvalue weighted by Gasteiger charge is 2.41. The Morgan fingerprint density at radius 2 is 1.22 bits per heavy atom. The van der Waals surface area contributed by atoms with E-state index in [1.807, 2.05) is 0 Å². The Labute approximate surface area is 187 Å². The van der Waals surface area contributed by atoms with Crippen molar-refractivity contribution in [3.05, 3.63) is 102 Å². The third-order valence-electron chi connectivity index (χ3n) is 4.80. The highest BCUT2D eigenvalue weighted by atomic mass is 32.1. The third-order valence-corrected chi connectivity index (χ3v) is 5.17. The summed E-state index contributed by atoms with van der Waals surface area (Å²) in [5.74, 6) is -1.42. The molecule has 1 fully saturated rings. The van der Waals surface area contributed by atoms with Crippen LogP contribution < -0.4 is 9.80 Å². The standard InChI is InChI=1S/C24H15F3N2O2S/c25-24(26,27)17-9-7-8-16(14-17)15-20-21(30)28(18-10-3-1-4-11-18)23(32)29(22(20)31)19-12-5-2-6-13-19/h1-15H. The minimum absolute atomic E-state index is 0.0430. The molecule has 8 heteroatoms. The van der Waals surface area contributed by atoms with E-state index in [9.17, 15) is 22.8 Å². The number of hydrogen-bond acceptors (Lipinski definition) is 3. The van der Waals surface area contributed by atoms with Crippen LogP contribution in [-0.4, -0.2) is 16.9 Å². The van der Waals surface area contributed by atoms with E-state index in [1.165, 1.54) is 21.9 Å². The summed E-state index contributed by atoms with van der Waals surface area (Å²) in [4.78, 5) is 29.0. The molecule has 0 N–H and O–H groups in total. The molecule has 0 saturated carbocycles. The highest BCUT2D eigenvalue weighted by Crippen LogP contribution is 2.32. The molecule has 4 nitrogen and oxygen atoms in total. The number of halogens is 3. The van der Waals surface area contributed by atoms with E-state index in [0.29, 0.717) is 11.4 Å². The summed E-state index contributed by atoms with van der Waals surface area (Å²) < 4.78 is 39.4. The second-order valence-electron chi connectivity index (χ2n) is 6.92. The molecule has 0 aromatic heterocycles. The molecule has 0 bridgehead atoms. The van der Waals surface area contributed by atoms with Crippen molar-refractivity contribution in [3.63, 3.8) is 0 Å². The summed E-state index contributed by atoms with van der Waals surface area (Å²) in [6.07, 6.45) is -3.39. The minimum Gasteiger partial charge on any atom is -0.268 e. The van der Waals surface area contributed by atoms with Crippen molar-refractivity contribution in [1.29, 1.82) is 0 Å². The van der Waals surface area contributed by atoms with Crippen molar-refractivity contribution in [1.82, 2.24) is 0 Å². The second kappa shape index (κ2) is 8.39. The molecular weight excluding hydrogens is 437 g/mol. The largest absolute Gasteiger partial charge is 0.416 e. The van der Waals surface area contributed by atoms with Gasteiger partial charge in [0.2, 0.25) is 0 Å². The Balaban J connectivity index is 1.86. The first-order valence-corrected chi connectivity index (χ1v) is 9.90. The summed E-state index contributed by atoms with van der Waals surface area (Å²) in [5, 5.41) is -0.0430. The number of carbonyl (C=O) groups excluding carboxylic acids is 2. The van der Waals surface area contributed by atoms with E-state index in [0.717, 1.165) is 18.2 Å². The number of alkyl halides is 3. The highest BCUT2D eigenvalue weighted by molar-refractivity contribution is 7.81. The third kappa shape index (κ3) is 4.04. The number of para-hydroxylation sites is 2. The molecule has 1 aliphatic heterocycles.